The van der Waals surface area contributed by atoms with Crippen molar-refractivity contribution < 1.29 is 24.2 Å². The van der Waals surface area contributed by atoms with Crippen molar-refractivity contribution in [1.29, 1.82) is 0 Å². The average molecular weight is 388 g/mol. The lowest BCUT2D eigenvalue weighted by Gasteiger charge is -2.34. The van der Waals surface area contributed by atoms with E-state index < -0.39 is 40.8 Å². The van der Waals surface area contributed by atoms with Crippen LogP contribution in [0.5, 0.6) is 5.75 Å². The van der Waals surface area contributed by atoms with Crippen LogP contribution in [-0.2, 0) is 14.4 Å². The minimum absolute atomic E-state index is 0.323. The highest BCUT2D eigenvalue weighted by Gasteiger charge is 2.67. The predicted molar refractivity (Wildman–Crippen MR) is 103 cm³/mol. The summed E-state index contributed by atoms with van der Waals surface area (Å²) in [5.41, 5.74) is -1.46. The molecule has 0 aromatic heterocycles. The van der Waals surface area contributed by atoms with E-state index in [0.717, 1.165) is 12.0 Å². The fraction of sp³-hybridized carbons (Fsp3) is 0.571. The molecule has 0 spiro atoms. The molecular weight excluding hydrogens is 360 g/mol. The smallest absolute Gasteiger partial charge is 0.324 e. The molecule has 28 heavy (non-hydrogen) atoms. The van der Waals surface area contributed by atoms with Crippen LogP contribution >= 0.6 is 0 Å². The van der Waals surface area contributed by atoms with Gasteiger partial charge in [-0.2, -0.15) is 0 Å². The van der Waals surface area contributed by atoms with Crippen LogP contribution in [0.2, 0.25) is 0 Å². The summed E-state index contributed by atoms with van der Waals surface area (Å²) in [7, 11) is 0. The number of aliphatic carboxylic acids is 1. The van der Waals surface area contributed by atoms with Crippen molar-refractivity contribution in [2.75, 3.05) is 6.61 Å². The second kappa shape index (κ2) is 6.88. The topological polar surface area (TPSA) is 95.9 Å². The summed E-state index contributed by atoms with van der Waals surface area (Å²) in [6, 6.07) is 6.70. The minimum Gasteiger partial charge on any atom is -0.494 e. The van der Waals surface area contributed by atoms with Crippen molar-refractivity contribution in [2.45, 2.75) is 58.2 Å². The second-order valence-electron chi connectivity index (χ2n) is 8.73. The summed E-state index contributed by atoms with van der Waals surface area (Å²) in [6.45, 7) is 9.46. The van der Waals surface area contributed by atoms with Gasteiger partial charge in [-0.05, 0) is 51.8 Å². The lowest BCUT2D eigenvalue weighted by Crippen LogP contribution is -2.55. The normalized spacial score (nSPS) is 29.9. The molecule has 152 valence electrons. The summed E-state index contributed by atoms with van der Waals surface area (Å²) in [6.07, 6.45) is 0.895. The van der Waals surface area contributed by atoms with Gasteiger partial charge in [-0.3, -0.25) is 24.6 Å². The van der Waals surface area contributed by atoms with Crippen LogP contribution < -0.4 is 10.1 Å². The first-order chi connectivity index (χ1) is 13.0. The minimum atomic E-state index is -1.51. The molecule has 7 nitrogen and oxygen atoms in total. The maximum atomic E-state index is 13.2. The molecule has 0 aliphatic carbocycles. The molecule has 2 aliphatic rings. The van der Waals surface area contributed by atoms with Crippen LogP contribution in [0.4, 0.5) is 0 Å². The number of likely N-dealkylation sites (tertiary alicyclic amines) is 1. The molecule has 2 heterocycles. The number of fused-ring (bicyclic) bond motifs is 1. The van der Waals surface area contributed by atoms with Crippen molar-refractivity contribution in [2.24, 2.45) is 11.8 Å². The Morgan fingerprint density at radius 3 is 2.32 bits per heavy atom. The van der Waals surface area contributed by atoms with Crippen molar-refractivity contribution >= 4 is 17.8 Å². The number of nitrogens with zero attached hydrogens (tertiary/aromatic N) is 1. The Labute approximate surface area is 165 Å². The number of carboxylic acid groups (broad SMARTS) is 1. The maximum Gasteiger partial charge on any atom is 0.324 e. The van der Waals surface area contributed by atoms with E-state index in [1.54, 1.807) is 32.9 Å². The molecular formula is C21H28N2O5. The number of ether oxygens (including phenoxy) is 1. The van der Waals surface area contributed by atoms with Crippen LogP contribution in [0.25, 0.3) is 0 Å². The summed E-state index contributed by atoms with van der Waals surface area (Å²) in [5.74, 6) is -2.87. The number of benzene rings is 1. The Balaban J connectivity index is 2.00. The molecule has 0 saturated carbocycles. The van der Waals surface area contributed by atoms with E-state index in [0.29, 0.717) is 12.4 Å². The van der Waals surface area contributed by atoms with E-state index in [4.69, 9.17) is 4.74 Å². The van der Waals surface area contributed by atoms with Gasteiger partial charge in [0.2, 0.25) is 11.8 Å². The molecule has 2 saturated heterocycles. The lowest BCUT2D eigenvalue weighted by atomic mass is 9.80. The molecule has 2 amide bonds. The molecule has 1 aromatic carbocycles. The van der Waals surface area contributed by atoms with Crippen molar-refractivity contribution in [1.82, 2.24) is 10.2 Å². The second-order valence-corrected chi connectivity index (χ2v) is 8.73. The van der Waals surface area contributed by atoms with Gasteiger partial charge < -0.3 is 9.84 Å². The quantitative estimate of drug-likeness (QED) is 0.752. The number of hydrogen-bond donors (Lipinski definition) is 2. The van der Waals surface area contributed by atoms with Crippen molar-refractivity contribution in [3.63, 3.8) is 0 Å². The van der Waals surface area contributed by atoms with Gasteiger partial charge in [-0.15, -0.1) is 0 Å². The SMILES string of the molecule is CCCOc1ccc(C2NC(C)(C(=O)O)C3C(=O)N(C(C)(C)C)C(=O)C23)cc1. The average Bonchev–Trinajstić information content (AvgIpc) is 3.08. The third kappa shape index (κ3) is 3.07. The third-order valence-electron chi connectivity index (χ3n) is 5.61. The van der Waals surface area contributed by atoms with E-state index in [-0.39, 0.29) is 5.91 Å². The fourth-order valence-electron chi connectivity index (χ4n) is 4.27. The summed E-state index contributed by atoms with van der Waals surface area (Å²) in [4.78, 5) is 39.6. The lowest BCUT2D eigenvalue weighted by molar-refractivity contribution is -0.152. The summed E-state index contributed by atoms with van der Waals surface area (Å²) in [5, 5.41) is 12.9. The number of carboxylic acids is 1. The fourth-order valence-corrected chi connectivity index (χ4v) is 4.27. The van der Waals surface area contributed by atoms with Gasteiger partial charge >= 0.3 is 5.97 Å². The maximum absolute atomic E-state index is 13.2. The molecule has 1 aromatic rings. The molecule has 0 bridgehead atoms. The highest BCUT2D eigenvalue weighted by Crippen LogP contribution is 2.50. The molecule has 4 atom stereocenters. The first-order valence-corrected chi connectivity index (χ1v) is 9.64. The Bertz CT molecular complexity index is 798. The first kappa shape index (κ1) is 20.3. The van der Waals surface area contributed by atoms with E-state index in [2.05, 4.69) is 5.32 Å². The molecule has 2 aliphatic heterocycles. The van der Waals surface area contributed by atoms with Gasteiger partial charge in [0.1, 0.15) is 11.3 Å². The van der Waals surface area contributed by atoms with Gasteiger partial charge in [-0.1, -0.05) is 19.1 Å². The van der Waals surface area contributed by atoms with Crippen LogP contribution in [0.1, 0.15) is 52.6 Å². The van der Waals surface area contributed by atoms with Crippen LogP contribution in [0, 0.1) is 11.8 Å². The van der Waals surface area contributed by atoms with E-state index in [1.807, 2.05) is 19.1 Å². The first-order valence-electron chi connectivity index (χ1n) is 9.64. The Morgan fingerprint density at radius 1 is 1.21 bits per heavy atom. The van der Waals surface area contributed by atoms with Gasteiger partial charge in [0, 0.05) is 11.6 Å². The highest BCUT2D eigenvalue weighted by molar-refractivity contribution is 6.09. The number of carbonyl (C=O) groups is 3. The zero-order valence-corrected chi connectivity index (χ0v) is 17.0. The van der Waals surface area contributed by atoms with Crippen molar-refractivity contribution in [3.05, 3.63) is 29.8 Å². The Kier molecular flexibility index (Phi) is 5.00. The Morgan fingerprint density at radius 2 is 1.82 bits per heavy atom. The van der Waals surface area contributed by atoms with Gasteiger partial charge in [-0.25, -0.2) is 0 Å². The number of nitrogens with one attached hydrogen (secondary N) is 1. The molecule has 7 heteroatoms. The third-order valence-corrected chi connectivity index (χ3v) is 5.61. The Hall–Kier alpha value is -2.41. The zero-order valence-electron chi connectivity index (χ0n) is 17.0. The molecule has 0 radical (unpaired) electrons. The zero-order chi connectivity index (χ0) is 20.9. The number of imide groups is 1. The number of carbonyl (C=O) groups excluding carboxylic acids is 2. The predicted octanol–water partition coefficient (Wildman–Crippen LogP) is 2.36. The van der Waals surface area contributed by atoms with E-state index in [1.165, 1.54) is 11.8 Å². The highest BCUT2D eigenvalue weighted by atomic mass is 16.5. The molecule has 3 rings (SSSR count). The van der Waals surface area contributed by atoms with Gasteiger partial charge in [0.15, 0.2) is 0 Å². The van der Waals surface area contributed by atoms with Gasteiger partial charge in [0.05, 0.1) is 18.4 Å². The number of rotatable bonds is 5. The van der Waals surface area contributed by atoms with Crippen LogP contribution in [-0.4, -0.2) is 45.5 Å². The monoisotopic (exact) mass is 388 g/mol. The molecule has 4 unspecified atom stereocenters. The van der Waals surface area contributed by atoms with E-state index >= 15 is 0 Å². The van der Waals surface area contributed by atoms with E-state index in [9.17, 15) is 19.5 Å². The number of hydrogen-bond acceptors (Lipinski definition) is 5. The summed E-state index contributed by atoms with van der Waals surface area (Å²) < 4.78 is 5.59. The van der Waals surface area contributed by atoms with Crippen molar-refractivity contribution in [3.8, 4) is 5.75 Å². The molecule has 2 fully saturated rings. The van der Waals surface area contributed by atoms with Gasteiger partial charge in [0.25, 0.3) is 0 Å². The number of amides is 2. The summed E-state index contributed by atoms with van der Waals surface area (Å²) >= 11 is 0. The van der Waals surface area contributed by atoms with Crippen LogP contribution in [0.15, 0.2) is 24.3 Å². The van der Waals surface area contributed by atoms with Crippen LogP contribution in [0.3, 0.4) is 0 Å². The standard InChI is InChI=1S/C21H28N2O5/c1-6-11-28-13-9-7-12(8-10-13)16-14-15(21(5,22-16)19(26)27)18(25)23(17(14)24)20(2,3)4/h7-10,14-16,22H,6,11H2,1-5H3,(H,26,27). The molecule has 2 N–H and O–H groups in total. The largest absolute Gasteiger partial charge is 0.494 e.